The first-order valence-electron chi connectivity index (χ1n) is 5.51. The first-order valence-corrected chi connectivity index (χ1v) is 7.91. The summed E-state index contributed by atoms with van der Waals surface area (Å²) in [6.45, 7) is 4.21. The quantitative estimate of drug-likeness (QED) is 0.601. The topological polar surface area (TPSA) is 38.0 Å². The standard InChI is InChI=1S/C13H14Br2N2S/c1-7-3-4-9(8(2)5-7)12(17-16)11-6-10(14)13(15)18-11/h3-6,12,17H,16H2,1-2H3. The summed E-state index contributed by atoms with van der Waals surface area (Å²) in [5.74, 6) is 5.73. The van der Waals surface area contributed by atoms with E-state index < -0.39 is 0 Å². The highest BCUT2D eigenvalue weighted by Gasteiger charge is 2.18. The summed E-state index contributed by atoms with van der Waals surface area (Å²) in [5.41, 5.74) is 6.63. The predicted octanol–water partition coefficient (Wildman–Crippen LogP) is 4.44. The maximum Gasteiger partial charge on any atom is 0.0843 e. The normalized spacial score (nSPS) is 12.7. The second-order valence-corrected chi connectivity index (χ2v) is 7.49. The van der Waals surface area contributed by atoms with Gasteiger partial charge in [-0.3, -0.25) is 5.84 Å². The molecule has 1 atom stereocenters. The maximum atomic E-state index is 5.73. The zero-order chi connectivity index (χ0) is 13.3. The van der Waals surface area contributed by atoms with E-state index in [-0.39, 0.29) is 6.04 Å². The minimum atomic E-state index is 0.0261. The summed E-state index contributed by atoms with van der Waals surface area (Å²) in [5, 5.41) is 0. The van der Waals surface area contributed by atoms with Gasteiger partial charge >= 0.3 is 0 Å². The van der Waals surface area contributed by atoms with Gasteiger partial charge in [0.05, 0.1) is 9.83 Å². The van der Waals surface area contributed by atoms with E-state index in [0.717, 1.165) is 8.26 Å². The zero-order valence-corrected chi connectivity index (χ0v) is 14.1. The van der Waals surface area contributed by atoms with Crippen LogP contribution in [0.1, 0.15) is 27.6 Å². The van der Waals surface area contributed by atoms with Gasteiger partial charge in [0.25, 0.3) is 0 Å². The van der Waals surface area contributed by atoms with Crippen molar-refractivity contribution in [2.75, 3.05) is 0 Å². The molecule has 96 valence electrons. The van der Waals surface area contributed by atoms with Crippen molar-refractivity contribution < 1.29 is 0 Å². The molecule has 2 nitrogen and oxygen atoms in total. The average Bonchev–Trinajstić information content (AvgIpc) is 2.63. The number of nitrogens with two attached hydrogens (primary N) is 1. The van der Waals surface area contributed by atoms with Crippen molar-refractivity contribution in [3.63, 3.8) is 0 Å². The highest BCUT2D eigenvalue weighted by atomic mass is 79.9. The van der Waals surface area contributed by atoms with E-state index in [2.05, 4.69) is 75.4 Å². The lowest BCUT2D eigenvalue weighted by molar-refractivity contribution is 0.643. The Morgan fingerprint density at radius 2 is 1.94 bits per heavy atom. The Bertz CT molecular complexity index is 547. The summed E-state index contributed by atoms with van der Waals surface area (Å²) in [4.78, 5) is 1.18. The van der Waals surface area contributed by atoms with E-state index in [1.165, 1.54) is 21.6 Å². The predicted molar refractivity (Wildman–Crippen MR) is 84.8 cm³/mol. The lowest BCUT2D eigenvalue weighted by Gasteiger charge is -2.17. The molecule has 1 heterocycles. The molecule has 0 fully saturated rings. The maximum absolute atomic E-state index is 5.73. The Morgan fingerprint density at radius 3 is 2.44 bits per heavy atom. The van der Waals surface area contributed by atoms with Crippen LogP contribution >= 0.6 is 43.2 Å². The molecule has 2 rings (SSSR count). The van der Waals surface area contributed by atoms with Gasteiger partial charge in [0, 0.05) is 9.35 Å². The van der Waals surface area contributed by atoms with E-state index in [0.29, 0.717) is 0 Å². The van der Waals surface area contributed by atoms with Crippen LogP contribution in [0.4, 0.5) is 0 Å². The number of thiophene rings is 1. The van der Waals surface area contributed by atoms with E-state index in [9.17, 15) is 0 Å². The molecule has 3 N–H and O–H groups in total. The summed E-state index contributed by atoms with van der Waals surface area (Å²) < 4.78 is 2.15. The molecular weight excluding hydrogens is 376 g/mol. The van der Waals surface area contributed by atoms with Gasteiger partial charge in [-0.15, -0.1) is 11.3 Å². The molecule has 0 amide bonds. The van der Waals surface area contributed by atoms with Gasteiger partial charge in [-0.2, -0.15) is 0 Å². The molecule has 0 bridgehead atoms. The fourth-order valence-corrected chi connectivity index (χ4v) is 4.15. The second kappa shape index (κ2) is 5.84. The Hall–Kier alpha value is -0.200. The highest BCUT2D eigenvalue weighted by Crippen LogP contribution is 2.38. The van der Waals surface area contributed by atoms with Gasteiger partial charge < -0.3 is 0 Å². The van der Waals surface area contributed by atoms with Crippen LogP contribution in [-0.4, -0.2) is 0 Å². The van der Waals surface area contributed by atoms with Crippen LogP contribution in [0.2, 0.25) is 0 Å². The third-order valence-electron chi connectivity index (χ3n) is 2.85. The number of hydrogen-bond donors (Lipinski definition) is 2. The summed E-state index contributed by atoms with van der Waals surface area (Å²) in [7, 11) is 0. The zero-order valence-electron chi connectivity index (χ0n) is 10.1. The molecule has 0 radical (unpaired) electrons. The van der Waals surface area contributed by atoms with Crippen LogP contribution in [0.25, 0.3) is 0 Å². The third kappa shape index (κ3) is 2.86. The lowest BCUT2D eigenvalue weighted by Crippen LogP contribution is -2.28. The summed E-state index contributed by atoms with van der Waals surface area (Å²) in [6, 6.07) is 8.55. The van der Waals surface area contributed by atoms with Crippen molar-refractivity contribution in [2.45, 2.75) is 19.9 Å². The minimum absolute atomic E-state index is 0.0261. The minimum Gasteiger partial charge on any atom is -0.271 e. The van der Waals surface area contributed by atoms with Crippen LogP contribution in [-0.2, 0) is 0 Å². The van der Waals surface area contributed by atoms with Crippen molar-refractivity contribution in [1.82, 2.24) is 5.43 Å². The number of aryl methyl sites for hydroxylation is 2. The number of benzene rings is 1. The molecule has 0 aliphatic heterocycles. The van der Waals surface area contributed by atoms with Gasteiger partial charge in [0.2, 0.25) is 0 Å². The number of hydrazine groups is 1. The van der Waals surface area contributed by atoms with Crippen molar-refractivity contribution in [3.8, 4) is 0 Å². The monoisotopic (exact) mass is 388 g/mol. The van der Waals surface area contributed by atoms with Crippen LogP contribution in [0.3, 0.4) is 0 Å². The average molecular weight is 390 g/mol. The molecule has 5 heteroatoms. The van der Waals surface area contributed by atoms with Crippen molar-refractivity contribution in [2.24, 2.45) is 5.84 Å². The van der Waals surface area contributed by atoms with Crippen molar-refractivity contribution >= 4 is 43.2 Å². The molecule has 0 saturated heterocycles. The molecule has 1 unspecified atom stereocenters. The molecule has 18 heavy (non-hydrogen) atoms. The SMILES string of the molecule is Cc1ccc(C(NN)c2cc(Br)c(Br)s2)c(C)c1. The van der Waals surface area contributed by atoms with Crippen molar-refractivity contribution in [1.29, 1.82) is 0 Å². The van der Waals surface area contributed by atoms with E-state index >= 15 is 0 Å². The van der Waals surface area contributed by atoms with Crippen LogP contribution in [0.5, 0.6) is 0 Å². The number of hydrogen-bond acceptors (Lipinski definition) is 3. The Kier molecular flexibility index (Phi) is 4.61. The van der Waals surface area contributed by atoms with Crippen LogP contribution in [0, 0.1) is 13.8 Å². The fraction of sp³-hybridized carbons (Fsp3) is 0.231. The van der Waals surface area contributed by atoms with Gasteiger partial charge in [-0.05, 0) is 62.9 Å². The molecular formula is C13H14Br2N2S. The molecule has 1 aromatic heterocycles. The summed E-state index contributed by atoms with van der Waals surface area (Å²) >= 11 is 8.71. The number of nitrogens with one attached hydrogen (secondary N) is 1. The molecule has 0 spiro atoms. The molecule has 2 aromatic rings. The third-order valence-corrected chi connectivity index (χ3v) is 6.17. The number of halogens is 2. The second-order valence-electron chi connectivity index (χ2n) is 4.23. The largest absolute Gasteiger partial charge is 0.271 e. The van der Waals surface area contributed by atoms with Gasteiger partial charge in [-0.1, -0.05) is 23.8 Å². The van der Waals surface area contributed by atoms with E-state index in [4.69, 9.17) is 5.84 Å². The van der Waals surface area contributed by atoms with Crippen LogP contribution < -0.4 is 11.3 Å². The first-order chi connectivity index (χ1) is 8.52. The number of rotatable bonds is 3. The van der Waals surface area contributed by atoms with Crippen molar-refractivity contribution in [3.05, 3.63) is 54.1 Å². The van der Waals surface area contributed by atoms with Gasteiger partial charge in [0.15, 0.2) is 0 Å². The molecule has 0 saturated carbocycles. The Morgan fingerprint density at radius 1 is 1.22 bits per heavy atom. The smallest absolute Gasteiger partial charge is 0.0843 e. The Balaban J connectivity index is 2.45. The van der Waals surface area contributed by atoms with Gasteiger partial charge in [0.1, 0.15) is 0 Å². The van der Waals surface area contributed by atoms with Crippen LogP contribution in [0.15, 0.2) is 32.5 Å². The molecule has 0 aliphatic carbocycles. The molecule has 1 aromatic carbocycles. The summed E-state index contributed by atoms with van der Waals surface area (Å²) in [6.07, 6.45) is 0. The fourth-order valence-electron chi connectivity index (χ4n) is 1.98. The lowest BCUT2D eigenvalue weighted by atomic mass is 9.98. The van der Waals surface area contributed by atoms with Gasteiger partial charge in [-0.25, -0.2) is 5.43 Å². The first kappa shape index (κ1) is 14.2. The highest BCUT2D eigenvalue weighted by molar-refractivity contribution is 9.13. The van der Waals surface area contributed by atoms with E-state index in [1.807, 2.05) is 0 Å². The Labute approximate surface area is 128 Å². The van der Waals surface area contributed by atoms with E-state index in [1.54, 1.807) is 11.3 Å². The molecule has 0 aliphatic rings.